The summed E-state index contributed by atoms with van der Waals surface area (Å²) in [4.78, 5) is 36.7. The molecule has 0 spiro atoms. The Kier molecular flexibility index (Phi) is 5.68. The van der Waals surface area contributed by atoms with Crippen LogP contribution in [0.4, 0.5) is 5.69 Å². The second kappa shape index (κ2) is 8.18. The number of aryl methyl sites for hydroxylation is 2. The van der Waals surface area contributed by atoms with Gasteiger partial charge in [0.25, 0.3) is 11.8 Å². The van der Waals surface area contributed by atoms with Gasteiger partial charge in [0.2, 0.25) is 0 Å². The van der Waals surface area contributed by atoms with E-state index in [1.54, 1.807) is 31.2 Å². The molecule has 1 saturated heterocycles. The summed E-state index contributed by atoms with van der Waals surface area (Å²) in [6, 6.07) is 10.3. The van der Waals surface area contributed by atoms with Crippen LogP contribution in [0.15, 0.2) is 42.0 Å². The van der Waals surface area contributed by atoms with E-state index in [9.17, 15) is 14.4 Å². The first-order valence-corrected chi connectivity index (χ1v) is 9.17. The zero-order valence-corrected chi connectivity index (χ0v) is 16.7. The van der Waals surface area contributed by atoms with Crippen molar-refractivity contribution in [2.75, 3.05) is 12.1 Å². The van der Waals surface area contributed by atoms with Crippen molar-refractivity contribution in [2.45, 2.75) is 27.2 Å². The number of nitrogens with one attached hydrogen (secondary N) is 1. The molecule has 0 bridgehead atoms. The second-order valence-electron chi connectivity index (χ2n) is 6.65. The summed E-state index contributed by atoms with van der Waals surface area (Å²) >= 11 is 0. The SMILES string of the molecule is CCC(=O)Oc1ccc(C=C2C(=O)NN(c3ccc(C)c(C)c3)C2=O)cc1OC. The van der Waals surface area contributed by atoms with Crippen molar-refractivity contribution in [1.29, 1.82) is 0 Å². The summed E-state index contributed by atoms with van der Waals surface area (Å²) in [6.07, 6.45) is 1.71. The Morgan fingerprint density at radius 3 is 2.48 bits per heavy atom. The van der Waals surface area contributed by atoms with Crippen molar-refractivity contribution in [1.82, 2.24) is 5.43 Å². The number of hydrogen-bond acceptors (Lipinski definition) is 5. The van der Waals surface area contributed by atoms with Crippen LogP contribution in [-0.2, 0) is 14.4 Å². The van der Waals surface area contributed by atoms with Gasteiger partial charge in [-0.3, -0.25) is 19.8 Å². The van der Waals surface area contributed by atoms with Crippen molar-refractivity contribution in [3.63, 3.8) is 0 Å². The Balaban J connectivity index is 1.89. The van der Waals surface area contributed by atoms with Gasteiger partial charge in [-0.25, -0.2) is 5.01 Å². The molecule has 3 rings (SSSR count). The highest BCUT2D eigenvalue weighted by atomic mass is 16.6. The van der Waals surface area contributed by atoms with Crippen molar-refractivity contribution in [3.05, 3.63) is 58.7 Å². The Morgan fingerprint density at radius 1 is 1.07 bits per heavy atom. The van der Waals surface area contributed by atoms with E-state index in [0.29, 0.717) is 17.0 Å². The quantitative estimate of drug-likeness (QED) is 0.365. The summed E-state index contributed by atoms with van der Waals surface area (Å²) < 4.78 is 10.5. The number of hydrazine groups is 1. The lowest BCUT2D eigenvalue weighted by atomic mass is 10.1. The highest BCUT2D eigenvalue weighted by molar-refractivity contribution is 6.31. The Morgan fingerprint density at radius 2 is 1.83 bits per heavy atom. The number of carbonyl (C=O) groups excluding carboxylic acids is 3. The lowest BCUT2D eigenvalue weighted by Crippen LogP contribution is -2.35. The first-order valence-electron chi connectivity index (χ1n) is 9.17. The van der Waals surface area contributed by atoms with E-state index >= 15 is 0 Å². The minimum Gasteiger partial charge on any atom is -0.493 e. The van der Waals surface area contributed by atoms with Gasteiger partial charge >= 0.3 is 5.97 Å². The molecule has 7 nitrogen and oxygen atoms in total. The maximum absolute atomic E-state index is 12.8. The molecule has 1 aliphatic rings. The van der Waals surface area contributed by atoms with E-state index in [-0.39, 0.29) is 23.7 Å². The number of nitrogens with zero attached hydrogens (tertiary/aromatic N) is 1. The molecule has 29 heavy (non-hydrogen) atoms. The smallest absolute Gasteiger partial charge is 0.311 e. The Hall–Kier alpha value is -3.61. The summed E-state index contributed by atoms with van der Waals surface area (Å²) in [5.74, 6) is -0.713. The molecule has 1 heterocycles. The fraction of sp³-hybridized carbons (Fsp3) is 0.227. The van der Waals surface area contributed by atoms with Gasteiger partial charge < -0.3 is 9.47 Å². The zero-order valence-electron chi connectivity index (χ0n) is 16.7. The van der Waals surface area contributed by atoms with Crippen LogP contribution >= 0.6 is 0 Å². The van der Waals surface area contributed by atoms with Crippen LogP contribution in [0.5, 0.6) is 11.5 Å². The molecule has 1 fully saturated rings. The molecule has 0 radical (unpaired) electrons. The van der Waals surface area contributed by atoms with Crippen LogP contribution in [0.1, 0.15) is 30.0 Å². The third kappa shape index (κ3) is 4.13. The Labute approximate surface area is 168 Å². The number of amides is 2. The third-order valence-corrected chi connectivity index (χ3v) is 4.65. The highest BCUT2D eigenvalue weighted by Crippen LogP contribution is 2.30. The predicted molar refractivity (Wildman–Crippen MR) is 108 cm³/mol. The molecule has 1 aliphatic heterocycles. The van der Waals surface area contributed by atoms with Crippen LogP contribution in [0, 0.1) is 13.8 Å². The van der Waals surface area contributed by atoms with Crippen molar-refractivity contribution < 1.29 is 23.9 Å². The topological polar surface area (TPSA) is 84.9 Å². The molecule has 2 aromatic rings. The van der Waals surface area contributed by atoms with E-state index in [2.05, 4.69) is 5.43 Å². The second-order valence-corrected chi connectivity index (χ2v) is 6.65. The molecular weight excluding hydrogens is 372 g/mol. The molecule has 0 aromatic heterocycles. The molecule has 2 amide bonds. The first kappa shape index (κ1) is 20.1. The minimum atomic E-state index is -0.492. The van der Waals surface area contributed by atoms with Crippen molar-refractivity contribution in [3.8, 4) is 11.5 Å². The minimum absolute atomic E-state index is 0.00332. The number of carbonyl (C=O) groups is 3. The van der Waals surface area contributed by atoms with Gasteiger partial charge in [0.05, 0.1) is 12.8 Å². The van der Waals surface area contributed by atoms with E-state index in [0.717, 1.165) is 11.1 Å². The van der Waals surface area contributed by atoms with Gasteiger partial charge in [0.15, 0.2) is 11.5 Å². The third-order valence-electron chi connectivity index (χ3n) is 4.65. The number of rotatable bonds is 5. The summed E-state index contributed by atoms with van der Waals surface area (Å²) in [7, 11) is 1.45. The lowest BCUT2D eigenvalue weighted by molar-refractivity contribution is -0.134. The average Bonchev–Trinajstić information content (AvgIpc) is 2.99. The van der Waals surface area contributed by atoms with E-state index in [1.165, 1.54) is 18.2 Å². The number of ether oxygens (including phenoxy) is 2. The summed E-state index contributed by atoms with van der Waals surface area (Å²) in [5, 5.41) is 1.23. The molecular formula is C22H22N2O5. The number of hydrogen-bond donors (Lipinski definition) is 1. The number of esters is 1. The van der Waals surface area contributed by atoms with Gasteiger partial charge in [0.1, 0.15) is 5.57 Å². The molecule has 2 aromatic carbocycles. The largest absolute Gasteiger partial charge is 0.493 e. The van der Waals surface area contributed by atoms with Crippen LogP contribution in [0.25, 0.3) is 6.08 Å². The first-order chi connectivity index (χ1) is 13.8. The maximum Gasteiger partial charge on any atom is 0.311 e. The van der Waals surface area contributed by atoms with E-state index in [4.69, 9.17) is 9.47 Å². The summed E-state index contributed by atoms with van der Waals surface area (Å²) in [5.41, 5.74) is 5.86. The van der Waals surface area contributed by atoms with E-state index < -0.39 is 11.8 Å². The lowest BCUT2D eigenvalue weighted by Gasteiger charge is -2.16. The molecule has 0 atom stereocenters. The average molecular weight is 394 g/mol. The molecule has 0 unspecified atom stereocenters. The molecule has 0 saturated carbocycles. The van der Waals surface area contributed by atoms with Crippen LogP contribution in [0.3, 0.4) is 0 Å². The normalized spacial score (nSPS) is 14.9. The van der Waals surface area contributed by atoms with Gasteiger partial charge in [-0.05, 0) is 60.9 Å². The number of benzene rings is 2. The number of anilines is 1. The van der Waals surface area contributed by atoms with Crippen LogP contribution in [-0.4, -0.2) is 24.9 Å². The van der Waals surface area contributed by atoms with Gasteiger partial charge in [-0.15, -0.1) is 0 Å². The maximum atomic E-state index is 12.8. The van der Waals surface area contributed by atoms with Crippen LogP contribution < -0.4 is 19.9 Å². The van der Waals surface area contributed by atoms with E-state index in [1.807, 2.05) is 26.0 Å². The van der Waals surface area contributed by atoms with Crippen LogP contribution in [0.2, 0.25) is 0 Å². The summed E-state index contributed by atoms with van der Waals surface area (Å²) in [6.45, 7) is 5.61. The highest BCUT2D eigenvalue weighted by Gasteiger charge is 2.34. The fourth-order valence-corrected chi connectivity index (χ4v) is 2.82. The molecule has 0 aliphatic carbocycles. The van der Waals surface area contributed by atoms with Crippen molar-refractivity contribution in [2.24, 2.45) is 0 Å². The van der Waals surface area contributed by atoms with Gasteiger partial charge in [0, 0.05) is 6.42 Å². The molecule has 7 heteroatoms. The molecule has 150 valence electrons. The number of methoxy groups -OCH3 is 1. The zero-order chi connectivity index (χ0) is 21.1. The standard InChI is InChI=1S/C22H22N2O5/c1-5-20(25)29-18-9-7-15(12-19(18)28-4)11-17-21(26)23-24(22(17)27)16-8-6-13(2)14(3)10-16/h6-12H,5H2,1-4H3,(H,23,26). The Bertz CT molecular complexity index is 1030. The van der Waals surface area contributed by atoms with Gasteiger partial charge in [-0.1, -0.05) is 19.1 Å². The molecule has 1 N–H and O–H groups in total. The fourth-order valence-electron chi connectivity index (χ4n) is 2.82. The predicted octanol–water partition coefficient (Wildman–Crippen LogP) is 3.09. The van der Waals surface area contributed by atoms with Crippen molar-refractivity contribution >= 4 is 29.5 Å². The monoisotopic (exact) mass is 394 g/mol. The van der Waals surface area contributed by atoms with Gasteiger partial charge in [-0.2, -0.15) is 0 Å².